The Labute approximate surface area is 118 Å². The summed E-state index contributed by atoms with van der Waals surface area (Å²) in [6.07, 6.45) is -1.65. The highest BCUT2D eigenvalue weighted by Crippen LogP contribution is 2.24. The fourth-order valence-corrected chi connectivity index (χ4v) is 1.90. The molecule has 1 rings (SSSR count). The van der Waals surface area contributed by atoms with Gasteiger partial charge in [0.05, 0.1) is 5.69 Å². The summed E-state index contributed by atoms with van der Waals surface area (Å²) in [4.78, 5) is 5.52. The van der Waals surface area contributed by atoms with Crippen LogP contribution in [0.1, 0.15) is 32.9 Å². The average Bonchev–Trinajstić information content (AvgIpc) is 2.35. The summed E-state index contributed by atoms with van der Waals surface area (Å²) >= 11 is 0. The number of nitrogens with one attached hydrogen (secondary N) is 1. The van der Waals surface area contributed by atoms with Crippen LogP contribution in [0.2, 0.25) is 0 Å². The number of pyridine rings is 1. The zero-order valence-corrected chi connectivity index (χ0v) is 12.2. The van der Waals surface area contributed by atoms with Gasteiger partial charge in [-0.3, -0.25) is 4.98 Å². The highest BCUT2D eigenvalue weighted by molar-refractivity contribution is 5.47. The molecule has 0 aromatic carbocycles. The van der Waals surface area contributed by atoms with Gasteiger partial charge >= 0.3 is 6.18 Å². The quantitative estimate of drug-likeness (QED) is 0.780. The van der Waals surface area contributed by atoms with Crippen LogP contribution in [0.15, 0.2) is 18.3 Å². The Kier molecular flexibility index (Phi) is 6.26. The highest BCUT2D eigenvalue weighted by Gasteiger charge is 2.32. The molecule has 0 aliphatic carbocycles. The summed E-state index contributed by atoms with van der Waals surface area (Å²) in [6.45, 7) is 6.04. The lowest BCUT2D eigenvalue weighted by molar-refractivity contribution is -0.120. The molecule has 0 saturated carbocycles. The van der Waals surface area contributed by atoms with Crippen LogP contribution in [-0.4, -0.2) is 30.3 Å². The Bertz CT molecular complexity index is 405. The normalized spacial score (nSPS) is 11.9. The SMILES string of the molecule is CCCNCc1cc(N(CC(F)(F)F)C(C)C)ccn1. The van der Waals surface area contributed by atoms with Crippen LogP contribution < -0.4 is 10.2 Å². The molecule has 1 aromatic rings. The van der Waals surface area contributed by atoms with Gasteiger partial charge in [-0.25, -0.2) is 0 Å². The van der Waals surface area contributed by atoms with Gasteiger partial charge in [-0.2, -0.15) is 13.2 Å². The van der Waals surface area contributed by atoms with Crippen molar-refractivity contribution in [2.24, 2.45) is 0 Å². The Morgan fingerprint density at radius 3 is 2.60 bits per heavy atom. The summed E-state index contributed by atoms with van der Waals surface area (Å²) in [5, 5.41) is 3.19. The van der Waals surface area contributed by atoms with Crippen molar-refractivity contribution in [2.45, 2.75) is 46.0 Å². The van der Waals surface area contributed by atoms with Crippen LogP contribution in [0.25, 0.3) is 0 Å². The number of halogens is 3. The third-order valence-corrected chi connectivity index (χ3v) is 2.84. The molecule has 0 radical (unpaired) electrons. The first-order valence-electron chi connectivity index (χ1n) is 6.82. The average molecular weight is 289 g/mol. The minimum atomic E-state index is -4.21. The minimum Gasteiger partial charge on any atom is -0.360 e. The largest absolute Gasteiger partial charge is 0.405 e. The van der Waals surface area contributed by atoms with Crippen LogP contribution in [0.4, 0.5) is 18.9 Å². The van der Waals surface area contributed by atoms with E-state index in [1.54, 1.807) is 32.2 Å². The van der Waals surface area contributed by atoms with Crippen LogP contribution in [0.5, 0.6) is 0 Å². The van der Waals surface area contributed by atoms with E-state index < -0.39 is 12.7 Å². The highest BCUT2D eigenvalue weighted by atomic mass is 19.4. The Morgan fingerprint density at radius 1 is 1.35 bits per heavy atom. The number of aromatic nitrogens is 1. The van der Waals surface area contributed by atoms with Crippen molar-refractivity contribution >= 4 is 5.69 Å². The summed E-state index contributed by atoms with van der Waals surface area (Å²) in [5.74, 6) is 0. The third kappa shape index (κ3) is 5.77. The van der Waals surface area contributed by atoms with Crippen molar-refractivity contribution in [3.8, 4) is 0 Å². The molecule has 1 heterocycles. The molecule has 0 amide bonds. The predicted octanol–water partition coefficient (Wildman–Crippen LogP) is 3.36. The fourth-order valence-electron chi connectivity index (χ4n) is 1.90. The van der Waals surface area contributed by atoms with Gasteiger partial charge in [-0.1, -0.05) is 6.92 Å². The second-order valence-electron chi connectivity index (χ2n) is 5.02. The van der Waals surface area contributed by atoms with Gasteiger partial charge in [0.25, 0.3) is 0 Å². The lowest BCUT2D eigenvalue weighted by atomic mass is 10.2. The number of nitrogens with zero attached hydrogens (tertiary/aromatic N) is 2. The molecular weight excluding hydrogens is 267 g/mol. The second-order valence-corrected chi connectivity index (χ2v) is 5.02. The van der Waals surface area contributed by atoms with Gasteiger partial charge in [-0.15, -0.1) is 0 Å². The lowest BCUT2D eigenvalue weighted by Crippen LogP contribution is -2.39. The van der Waals surface area contributed by atoms with Crippen molar-refractivity contribution in [3.05, 3.63) is 24.0 Å². The summed E-state index contributed by atoms with van der Waals surface area (Å²) < 4.78 is 37.9. The van der Waals surface area contributed by atoms with Gasteiger partial charge in [0, 0.05) is 24.5 Å². The number of hydrogen-bond acceptors (Lipinski definition) is 3. The molecule has 0 unspecified atom stereocenters. The maximum absolute atomic E-state index is 12.6. The Balaban J connectivity index is 2.83. The predicted molar refractivity (Wildman–Crippen MR) is 74.8 cm³/mol. The van der Waals surface area contributed by atoms with E-state index in [4.69, 9.17) is 0 Å². The van der Waals surface area contributed by atoms with E-state index in [0.717, 1.165) is 18.7 Å². The maximum Gasteiger partial charge on any atom is 0.405 e. The van der Waals surface area contributed by atoms with E-state index in [0.29, 0.717) is 12.2 Å². The molecule has 0 saturated heterocycles. The van der Waals surface area contributed by atoms with Crippen LogP contribution >= 0.6 is 0 Å². The first-order chi connectivity index (χ1) is 9.33. The van der Waals surface area contributed by atoms with E-state index in [1.165, 1.54) is 4.90 Å². The number of rotatable bonds is 7. The van der Waals surface area contributed by atoms with E-state index in [9.17, 15) is 13.2 Å². The monoisotopic (exact) mass is 289 g/mol. The first kappa shape index (κ1) is 16.8. The van der Waals surface area contributed by atoms with Gasteiger partial charge in [-0.05, 0) is 38.9 Å². The lowest BCUT2D eigenvalue weighted by Gasteiger charge is -2.30. The van der Waals surface area contributed by atoms with Crippen molar-refractivity contribution in [1.82, 2.24) is 10.3 Å². The van der Waals surface area contributed by atoms with E-state index in [1.807, 2.05) is 0 Å². The topological polar surface area (TPSA) is 28.2 Å². The zero-order valence-electron chi connectivity index (χ0n) is 12.2. The number of anilines is 1. The molecular formula is C14H22F3N3. The van der Waals surface area contributed by atoms with Gasteiger partial charge in [0.2, 0.25) is 0 Å². The molecule has 0 spiro atoms. The van der Waals surface area contributed by atoms with Gasteiger partial charge in [0.1, 0.15) is 6.54 Å². The summed E-state index contributed by atoms with van der Waals surface area (Å²) in [7, 11) is 0. The van der Waals surface area contributed by atoms with Crippen molar-refractivity contribution in [1.29, 1.82) is 0 Å². The third-order valence-electron chi connectivity index (χ3n) is 2.84. The molecule has 0 aliphatic rings. The van der Waals surface area contributed by atoms with E-state index >= 15 is 0 Å². The van der Waals surface area contributed by atoms with Crippen molar-refractivity contribution < 1.29 is 13.2 Å². The molecule has 114 valence electrons. The maximum atomic E-state index is 12.6. The first-order valence-corrected chi connectivity index (χ1v) is 6.82. The molecule has 3 nitrogen and oxygen atoms in total. The molecule has 20 heavy (non-hydrogen) atoms. The molecule has 0 atom stereocenters. The zero-order chi connectivity index (χ0) is 15.2. The van der Waals surface area contributed by atoms with Crippen LogP contribution in [0, 0.1) is 0 Å². The van der Waals surface area contributed by atoms with Gasteiger partial charge in [0.15, 0.2) is 0 Å². The number of alkyl halides is 3. The Hall–Kier alpha value is -1.30. The van der Waals surface area contributed by atoms with Gasteiger partial charge < -0.3 is 10.2 Å². The van der Waals surface area contributed by atoms with E-state index in [-0.39, 0.29) is 6.04 Å². The van der Waals surface area contributed by atoms with Crippen LogP contribution in [-0.2, 0) is 6.54 Å². The summed E-state index contributed by atoms with van der Waals surface area (Å²) in [6, 6.07) is 3.11. The van der Waals surface area contributed by atoms with Crippen LogP contribution in [0.3, 0.4) is 0 Å². The molecule has 0 aliphatic heterocycles. The fraction of sp³-hybridized carbons (Fsp3) is 0.643. The molecule has 1 N–H and O–H groups in total. The summed E-state index contributed by atoms with van der Waals surface area (Å²) in [5.41, 5.74) is 1.31. The van der Waals surface area contributed by atoms with Crippen molar-refractivity contribution in [2.75, 3.05) is 18.0 Å². The molecule has 0 bridgehead atoms. The second kappa shape index (κ2) is 7.47. The molecule has 1 aromatic heterocycles. The van der Waals surface area contributed by atoms with Crippen molar-refractivity contribution in [3.63, 3.8) is 0 Å². The standard InChI is InChI=1S/C14H22F3N3/c1-4-6-18-9-12-8-13(5-7-19-12)20(11(2)3)10-14(15,16)17/h5,7-8,11,18H,4,6,9-10H2,1-3H3. The van der Waals surface area contributed by atoms with E-state index in [2.05, 4.69) is 17.2 Å². The smallest absolute Gasteiger partial charge is 0.360 e. The molecule has 0 fully saturated rings. The number of hydrogen-bond donors (Lipinski definition) is 1. The Morgan fingerprint density at radius 2 is 2.05 bits per heavy atom. The molecule has 6 heteroatoms. The minimum absolute atomic E-state index is 0.226.